The number of aliphatic hydroxyl groups is 1. The van der Waals surface area contributed by atoms with Crippen LogP contribution in [0.1, 0.15) is 67.2 Å². The van der Waals surface area contributed by atoms with Gasteiger partial charge in [-0.2, -0.15) is 0 Å². The summed E-state index contributed by atoms with van der Waals surface area (Å²) < 4.78 is 11.9. The minimum absolute atomic E-state index is 0.141. The summed E-state index contributed by atoms with van der Waals surface area (Å²) in [4.78, 5) is 0. The summed E-state index contributed by atoms with van der Waals surface area (Å²) in [5.74, 6) is -0.474. The van der Waals surface area contributed by atoms with E-state index in [1.165, 1.54) is 5.57 Å². The zero-order chi connectivity index (χ0) is 14.7. The van der Waals surface area contributed by atoms with Gasteiger partial charge in [0.05, 0.1) is 17.8 Å². The Hall–Kier alpha value is -0.380. The highest BCUT2D eigenvalue weighted by Gasteiger charge is 2.46. The van der Waals surface area contributed by atoms with Gasteiger partial charge in [-0.15, -0.1) is 0 Å². The van der Waals surface area contributed by atoms with Crippen LogP contribution in [0.5, 0.6) is 0 Å². The monoisotopic (exact) mass is 270 g/mol. The Morgan fingerprint density at radius 1 is 1.32 bits per heavy atom. The Balaban J connectivity index is 2.40. The zero-order valence-electron chi connectivity index (χ0n) is 13.3. The van der Waals surface area contributed by atoms with Gasteiger partial charge in [0.25, 0.3) is 0 Å². The zero-order valence-corrected chi connectivity index (χ0v) is 13.3. The summed E-state index contributed by atoms with van der Waals surface area (Å²) in [5, 5.41) is 9.23. The van der Waals surface area contributed by atoms with Crippen LogP contribution in [0.15, 0.2) is 11.6 Å². The lowest BCUT2D eigenvalue weighted by Crippen LogP contribution is -2.33. The molecule has 1 N–H and O–H groups in total. The van der Waals surface area contributed by atoms with Crippen LogP contribution < -0.4 is 0 Å². The normalized spacial score (nSPS) is 27.5. The van der Waals surface area contributed by atoms with Gasteiger partial charge in [-0.3, -0.25) is 0 Å². The van der Waals surface area contributed by atoms with Crippen LogP contribution in [-0.2, 0) is 9.47 Å². The van der Waals surface area contributed by atoms with Crippen LogP contribution in [0, 0.1) is 0 Å². The predicted octanol–water partition coefficient (Wildman–Crippen LogP) is 3.80. The molecule has 3 nitrogen and oxygen atoms in total. The van der Waals surface area contributed by atoms with Crippen LogP contribution in [0.25, 0.3) is 0 Å². The van der Waals surface area contributed by atoms with E-state index < -0.39 is 5.79 Å². The summed E-state index contributed by atoms with van der Waals surface area (Å²) in [6.45, 7) is 12.1. The Labute approximate surface area is 118 Å². The maximum atomic E-state index is 9.23. The van der Waals surface area contributed by atoms with Gasteiger partial charge in [0.1, 0.15) is 0 Å². The van der Waals surface area contributed by atoms with E-state index in [2.05, 4.69) is 26.8 Å². The van der Waals surface area contributed by atoms with Crippen molar-refractivity contribution in [1.29, 1.82) is 0 Å². The van der Waals surface area contributed by atoms with Crippen molar-refractivity contribution in [3.8, 4) is 0 Å². The largest absolute Gasteiger partial charge is 0.393 e. The summed E-state index contributed by atoms with van der Waals surface area (Å²) >= 11 is 0. The van der Waals surface area contributed by atoms with Gasteiger partial charge in [0, 0.05) is 0 Å². The summed E-state index contributed by atoms with van der Waals surface area (Å²) in [6.07, 6.45) is 5.93. The second kappa shape index (κ2) is 6.38. The van der Waals surface area contributed by atoms with Gasteiger partial charge in [-0.25, -0.2) is 0 Å². The number of ether oxygens (including phenoxy) is 2. The first-order valence-electron chi connectivity index (χ1n) is 7.34. The van der Waals surface area contributed by atoms with Crippen molar-refractivity contribution >= 4 is 0 Å². The van der Waals surface area contributed by atoms with Gasteiger partial charge in [0.2, 0.25) is 0 Å². The smallest absolute Gasteiger partial charge is 0.164 e. The molecule has 0 aromatic rings. The van der Waals surface area contributed by atoms with Crippen molar-refractivity contribution in [2.24, 2.45) is 0 Å². The van der Waals surface area contributed by atoms with Crippen molar-refractivity contribution in [2.45, 2.75) is 90.8 Å². The number of hydrogen-bond donors (Lipinski definition) is 1. The van der Waals surface area contributed by atoms with Crippen molar-refractivity contribution in [3.63, 3.8) is 0 Å². The van der Waals surface area contributed by atoms with Gasteiger partial charge in [-0.1, -0.05) is 11.6 Å². The maximum absolute atomic E-state index is 9.23. The van der Waals surface area contributed by atoms with E-state index in [4.69, 9.17) is 9.47 Å². The average Bonchev–Trinajstić information content (AvgIpc) is 2.42. The van der Waals surface area contributed by atoms with Crippen LogP contribution in [0.2, 0.25) is 0 Å². The first-order chi connectivity index (χ1) is 8.62. The average molecular weight is 270 g/mol. The Bertz CT molecular complexity index is 316. The molecule has 1 fully saturated rings. The van der Waals surface area contributed by atoms with Crippen LogP contribution in [0.4, 0.5) is 0 Å². The van der Waals surface area contributed by atoms with E-state index in [0.29, 0.717) is 0 Å². The molecular formula is C16H30O3. The molecule has 0 bridgehead atoms. The van der Waals surface area contributed by atoms with Crippen molar-refractivity contribution < 1.29 is 14.6 Å². The second-order valence-electron chi connectivity index (χ2n) is 6.73. The third kappa shape index (κ3) is 5.64. The molecule has 3 heteroatoms. The molecule has 0 aromatic carbocycles. The second-order valence-corrected chi connectivity index (χ2v) is 6.73. The number of aliphatic hydroxyl groups excluding tert-OH is 1. The lowest BCUT2D eigenvalue weighted by Gasteiger charge is -2.24. The highest BCUT2D eigenvalue weighted by Crippen LogP contribution is 2.38. The van der Waals surface area contributed by atoms with Crippen molar-refractivity contribution in [1.82, 2.24) is 0 Å². The fourth-order valence-corrected chi connectivity index (χ4v) is 2.65. The van der Waals surface area contributed by atoms with Crippen LogP contribution >= 0.6 is 0 Å². The molecule has 0 spiro atoms. The third-order valence-corrected chi connectivity index (χ3v) is 3.59. The minimum Gasteiger partial charge on any atom is -0.393 e. The molecule has 0 radical (unpaired) electrons. The SMILES string of the molecule is C/C(=C\CC[C@@H](C)O)CC[C@@H]1OC(C)(C)OC1(C)C. The van der Waals surface area contributed by atoms with Gasteiger partial charge in [0.15, 0.2) is 5.79 Å². The molecule has 1 aliphatic heterocycles. The van der Waals surface area contributed by atoms with Crippen LogP contribution in [-0.4, -0.2) is 28.7 Å². The van der Waals surface area contributed by atoms with E-state index >= 15 is 0 Å². The fraction of sp³-hybridized carbons (Fsp3) is 0.875. The maximum Gasteiger partial charge on any atom is 0.164 e. The number of rotatable bonds is 6. The molecular weight excluding hydrogens is 240 g/mol. The van der Waals surface area contributed by atoms with E-state index in [1.54, 1.807) is 0 Å². The van der Waals surface area contributed by atoms with E-state index in [-0.39, 0.29) is 17.8 Å². The predicted molar refractivity (Wildman–Crippen MR) is 78.0 cm³/mol. The summed E-state index contributed by atoms with van der Waals surface area (Å²) in [6, 6.07) is 0. The number of hydrogen-bond acceptors (Lipinski definition) is 3. The first-order valence-corrected chi connectivity index (χ1v) is 7.34. The molecule has 0 aromatic heterocycles. The summed E-state index contributed by atoms with van der Waals surface area (Å²) in [7, 11) is 0. The Morgan fingerprint density at radius 3 is 2.42 bits per heavy atom. The van der Waals surface area contributed by atoms with Crippen LogP contribution in [0.3, 0.4) is 0 Å². The molecule has 1 heterocycles. The lowest BCUT2D eigenvalue weighted by atomic mass is 9.95. The molecule has 0 saturated carbocycles. The molecule has 2 atom stereocenters. The fourth-order valence-electron chi connectivity index (χ4n) is 2.65. The third-order valence-electron chi connectivity index (χ3n) is 3.59. The highest BCUT2D eigenvalue weighted by atomic mass is 16.8. The molecule has 1 saturated heterocycles. The summed E-state index contributed by atoms with van der Waals surface area (Å²) in [5.41, 5.74) is 1.15. The van der Waals surface area contributed by atoms with Gasteiger partial charge < -0.3 is 14.6 Å². The Kier molecular flexibility index (Phi) is 5.60. The molecule has 1 aliphatic rings. The van der Waals surface area contributed by atoms with Crippen molar-refractivity contribution in [2.75, 3.05) is 0 Å². The standard InChI is InChI=1S/C16H30O3/c1-12(8-7-9-13(2)17)10-11-14-15(3,4)19-16(5,6)18-14/h8,13-14,17H,7,9-11H2,1-6H3/b12-8+/t13-,14+/m1/s1. The molecule has 19 heavy (non-hydrogen) atoms. The molecule has 112 valence electrons. The molecule has 0 aliphatic carbocycles. The van der Waals surface area contributed by atoms with Gasteiger partial charge in [-0.05, 0) is 67.2 Å². The lowest BCUT2D eigenvalue weighted by molar-refractivity contribution is -0.157. The quantitative estimate of drug-likeness (QED) is 0.746. The van der Waals surface area contributed by atoms with Crippen molar-refractivity contribution in [3.05, 3.63) is 11.6 Å². The van der Waals surface area contributed by atoms with E-state index in [1.807, 2.05) is 20.8 Å². The minimum atomic E-state index is -0.474. The number of allylic oxidation sites excluding steroid dienone is 2. The van der Waals surface area contributed by atoms with E-state index in [0.717, 1.165) is 25.7 Å². The van der Waals surface area contributed by atoms with E-state index in [9.17, 15) is 5.11 Å². The topological polar surface area (TPSA) is 38.7 Å². The highest BCUT2D eigenvalue weighted by molar-refractivity contribution is 5.00. The molecule has 0 amide bonds. The Morgan fingerprint density at radius 2 is 1.95 bits per heavy atom. The molecule has 1 rings (SSSR count). The molecule has 0 unspecified atom stereocenters. The van der Waals surface area contributed by atoms with Gasteiger partial charge >= 0.3 is 0 Å². The first kappa shape index (κ1) is 16.7.